The minimum Gasteiger partial charge on any atom is -0.354 e. The molecule has 152 valence electrons. The fourth-order valence-corrected chi connectivity index (χ4v) is 3.39. The van der Waals surface area contributed by atoms with Gasteiger partial charge in [0.05, 0.1) is 10.6 Å². The maximum absolute atomic E-state index is 12.7. The van der Waals surface area contributed by atoms with Crippen molar-refractivity contribution in [2.24, 2.45) is 5.92 Å². The molecule has 0 radical (unpaired) electrons. The highest BCUT2D eigenvalue weighted by atomic mass is 35.5. The van der Waals surface area contributed by atoms with E-state index in [1.165, 1.54) is 12.1 Å². The zero-order valence-electron chi connectivity index (χ0n) is 16.0. The summed E-state index contributed by atoms with van der Waals surface area (Å²) in [6, 6.07) is 9.54. The fourth-order valence-electron chi connectivity index (χ4n) is 2.90. The Bertz CT molecular complexity index is 1030. The number of aromatic nitrogens is 3. The molecule has 2 heterocycles. The number of hydrogen-bond acceptors (Lipinski definition) is 4. The third-order valence-corrected chi connectivity index (χ3v) is 4.99. The summed E-state index contributed by atoms with van der Waals surface area (Å²) >= 11 is 12.0. The lowest BCUT2D eigenvalue weighted by atomic mass is 10.0. The van der Waals surface area contributed by atoms with Gasteiger partial charge in [0.15, 0.2) is 5.65 Å². The largest absolute Gasteiger partial charge is 0.354 e. The van der Waals surface area contributed by atoms with Crippen molar-refractivity contribution in [1.82, 2.24) is 25.2 Å². The van der Waals surface area contributed by atoms with Crippen LogP contribution in [0, 0.1) is 5.92 Å². The molecule has 3 rings (SSSR count). The SMILES string of the molecule is CC(C)C(NC(=O)c1ccc(Cl)cc1Cl)C(=O)NCCc1nnc2ccccn12. The van der Waals surface area contributed by atoms with Crippen molar-refractivity contribution in [1.29, 1.82) is 0 Å². The van der Waals surface area contributed by atoms with E-state index in [9.17, 15) is 9.59 Å². The molecular formula is C20H21Cl2N5O2. The second-order valence-electron chi connectivity index (χ2n) is 6.91. The van der Waals surface area contributed by atoms with Gasteiger partial charge in [0.1, 0.15) is 11.9 Å². The van der Waals surface area contributed by atoms with E-state index in [4.69, 9.17) is 23.2 Å². The number of nitrogens with zero attached hydrogens (tertiary/aromatic N) is 3. The number of amides is 2. The van der Waals surface area contributed by atoms with Crippen LogP contribution in [0.5, 0.6) is 0 Å². The van der Waals surface area contributed by atoms with Crippen LogP contribution in [0.2, 0.25) is 10.0 Å². The van der Waals surface area contributed by atoms with E-state index in [1.54, 1.807) is 6.07 Å². The molecule has 2 amide bonds. The minimum absolute atomic E-state index is 0.112. The first-order valence-corrected chi connectivity index (χ1v) is 9.94. The van der Waals surface area contributed by atoms with Gasteiger partial charge < -0.3 is 10.6 Å². The minimum atomic E-state index is -0.704. The molecule has 2 N–H and O–H groups in total. The maximum atomic E-state index is 12.7. The standard InChI is InChI=1S/C20H21Cl2N5O2/c1-12(2)18(24-19(28)14-7-6-13(21)11-15(14)22)20(29)23-9-8-17-26-25-16-5-3-4-10-27(16)17/h3-7,10-12,18H,8-9H2,1-2H3,(H,23,29)(H,24,28). The number of nitrogens with one attached hydrogen (secondary N) is 2. The molecule has 0 aliphatic carbocycles. The molecule has 2 aromatic heterocycles. The van der Waals surface area contributed by atoms with Crippen LogP contribution < -0.4 is 10.6 Å². The summed E-state index contributed by atoms with van der Waals surface area (Å²) in [5.74, 6) is -0.0610. The highest BCUT2D eigenvalue weighted by Gasteiger charge is 2.25. The molecular weight excluding hydrogens is 413 g/mol. The van der Waals surface area contributed by atoms with Gasteiger partial charge >= 0.3 is 0 Å². The highest BCUT2D eigenvalue weighted by Crippen LogP contribution is 2.21. The normalized spacial score (nSPS) is 12.2. The zero-order chi connectivity index (χ0) is 21.0. The number of pyridine rings is 1. The van der Waals surface area contributed by atoms with E-state index in [2.05, 4.69) is 20.8 Å². The summed E-state index contributed by atoms with van der Waals surface area (Å²) in [5, 5.41) is 14.5. The molecule has 0 bridgehead atoms. The monoisotopic (exact) mass is 433 g/mol. The summed E-state index contributed by atoms with van der Waals surface area (Å²) in [6.07, 6.45) is 2.39. The molecule has 0 saturated heterocycles. The van der Waals surface area contributed by atoms with Crippen LogP contribution in [0.1, 0.15) is 30.0 Å². The Morgan fingerprint density at radius 2 is 1.93 bits per heavy atom. The Morgan fingerprint density at radius 3 is 2.66 bits per heavy atom. The Labute approximate surface area is 178 Å². The second-order valence-corrected chi connectivity index (χ2v) is 7.75. The molecule has 3 aromatic rings. The first-order valence-electron chi connectivity index (χ1n) is 9.19. The summed E-state index contributed by atoms with van der Waals surface area (Å²) in [6.45, 7) is 4.09. The average molecular weight is 434 g/mol. The van der Waals surface area contributed by atoms with E-state index in [0.717, 1.165) is 11.5 Å². The molecule has 1 unspecified atom stereocenters. The average Bonchev–Trinajstić information content (AvgIpc) is 3.09. The van der Waals surface area contributed by atoms with Gasteiger partial charge in [0.2, 0.25) is 5.91 Å². The first-order chi connectivity index (χ1) is 13.9. The molecule has 1 aromatic carbocycles. The molecule has 0 saturated carbocycles. The third-order valence-electron chi connectivity index (χ3n) is 4.44. The maximum Gasteiger partial charge on any atom is 0.253 e. The van der Waals surface area contributed by atoms with Gasteiger partial charge in [0, 0.05) is 24.2 Å². The molecule has 29 heavy (non-hydrogen) atoms. The number of benzene rings is 1. The van der Waals surface area contributed by atoms with Gasteiger partial charge in [0.25, 0.3) is 5.91 Å². The summed E-state index contributed by atoms with van der Waals surface area (Å²) in [5.41, 5.74) is 1.02. The highest BCUT2D eigenvalue weighted by molar-refractivity contribution is 6.36. The quantitative estimate of drug-likeness (QED) is 0.598. The molecule has 0 aliphatic rings. The Balaban J connectivity index is 1.61. The molecule has 9 heteroatoms. The van der Waals surface area contributed by atoms with Crippen molar-refractivity contribution < 1.29 is 9.59 Å². The lowest BCUT2D eigenvalue weighted by molar-refractivity contribution is -0.123. The van der Waals surface area contributed by atoms with Gasteiger partial charge in [-0.25, -0.2) is 0 Å². The van der Waals surface area contributed by atoms with E-state index in [-0.39, 0.29) is 22.4 Å². The van der Waals surface area contributed by atoms with E-state index in [0.29, 0.717) is 18.0 Å². The van der Waals surface area contributed by atoms with Gasteiger partial charge in [-0.3, -0.25) is 14.0 Å². The predicted molar refractivity (Wildman–Crippen MR) is 112 cm³/mol. The van der Waals surface area contributed by atoms with Gasteiger partial charge in [-0.2, -0.15) is 0 Å². The number of hydrogen-bond donors (Lipinski definition) is 2. The van der Waals surface area contributed by atoms with Gasteiger partial charge in [-0.05, 0) is 36.2 Å². The third kappa shape index (κ3) is 5.05. The number of carbonyl (C=O) groups excluding carboxylic acids is 2. The smallest absolute Gasteiger partial charge is 0.253 e. The van der Waals surface area contributed by atoms with Crippen molar-refractivity contribution in [2.75, 3.05) is 6.54 Å². The van der Waals surface area contributed by atoms with Crippen LogP contribution in [0.25, 0.3) is 5.65 Å². The number of halogens is 2. The lowest BCUT2D eigenvalue weighted by Crippen LogP contribution is -2.50. The lowest BCUT2D eigenvalue weighted by Gasteiger charge is -2.22. The number of rotatable bonds is 7. The van der Waals surface area contributed by atoms with Crippen molar-refractivity contribution >= 4 is 40.7 Å². The van der Waals surface area contributed by atoms with E-state index < -0.39 is 11.9 Å². The Kier molecular flexibility index (Phi) is 6.71. The van der Waals surface area contributed by atoms with E-state index >= 15 is 0 Å². The topological polar surface area (TPSA) is 88.4 Å². The van der Waals surface area contributed by atoms with Crippen LogP contribution in [0.3, 0.4) is 0 Å². The van der Waals surface area contributed by atoms with Crippen LogP contribution in [0.4, 0.5) is 0 Å². The van der Waals surface area contributed by atoms with Crippen LogP contribution >= 0.6 is 23.2 Å². The Morgan fingerprint density at radius 1 is 1.14 bits per heavy atom. The summed E-state index contributed by atoms with van der Waals surface area (Å²) in [4.78, 5) is 25.2. The zero-order valence-corrected chi connectivity index (χ0v) is 17.5. The molecule has 0 aliphatic heterocycles. The van der Waals surface area contributed by atoms with Crippen LogP contribution in [-0.4, -0.2) is 39.0 Å². The van der Waals surface area contributed by atoms with Gasteiger partial charge in [-0.15, -0.1) is 10.2 Å². The van der Waals surface area contributed by atoms with Gasteiger partial charge in [-0.1, -0.05) is 43.1 Å². The fraction of sp³-hybridized carbons (Fsp3) is 0.300. The van der Waals surface area contributed by atoms with Crippen molar-refractivity contribution in [3.05, 3.63) is 64.0 Å². The molecule has 0 fully saturated rings. The molecule has 7 nitrogen and oxygen atoms in total. The van der Waals surface area contributed by atoms with E-state index in [1.807, 2.05) is 42.6 Å². The number of carbonyl (C=O) groups is 2. The summed E-state index contributed by atoms with van der Waals surface area (Å²) < 4.78 is 1.87. The Hall–Kier alpha value is -2.64. The van der Waals surface area contributed by atoms with Crippen molar-refractivity contribution in [3.8, 4) is 0 Å². The molecule has 1 atom stereocenters. The summed E-state index contributed by atoms with van der Waals surface area (Å²) in [7, 11) is 0. The first kappa shape index (κ1) is 21.1. The van der Waals surface area contributed by atoms with Crippen LogP contribution in [0.15, 0.2) is 42.6 Å². The van der Waals surface area contributed by atoms with Crippen molar-refractivity contribution in [3.63, 3.8) is 0 Å². The molecule has 0 spiro atoms. The number of fused-ring (bicyclic) bond motifs is 1. The predicted octanol–water partition coefficient (Wildman–Crippen LogP) is 3.15. The van der Waals surface area contributed by atoms with Crippen LogP contribution in [-0.2, 0) is 11.2 Å². The second kappa shape index (κ2) is 9.24. The van der Waals surface area contributed by atoms with Crippen molar-refractivity contribution in [2.45, 2.75) is 26.3 Å².